The fourth-order valence-electron chi connectivity index (χ4n) is 0.846. The van der Waals surface area contributed by atoms with Crippen molar-refractivity contribution in [1.82, 2.24) is 0 Å². The molecule has 0 spiro atoms. The Morgan fingerprint density at radius 3 is 2.67 bits per heavy atom. The lowest BCUT2D eigenvalue weighted by Crippen LogP contribution is -2.24. The van der Waals surface area contributed by atoms with Gasteiger partial charge in [-0.2, -0.15) is 12.5 Å². The molecule has 4 heteroatoms. The summed E-state index contributed by atoms with van der Waals surface area (Å²) in [6, 6.07) is 0. The minimum atomic E-state index is -0.374. The highest BCUT2D eigenvalue weighted by molar-refractivity contribution is 7.81. The molecule has 0 aliphatic heterocycles. The number of nitrogens with two attached hydrogens (primary N) is 1. The molecule has 70 valence electrons. The van der Waals surface area contributed by atoms with Crippen molar-refractivity contribution in [2.45, 2.75) is 31.4 Å². The normalized spacial score (nSPS) is 24.2. The van der Waals surface area contributed by atoms with Crippen molar-refractivity contribution in [3.05, 3.63) is 0 Å². The van der Waals surface area contributed by atoms with E-state index in [-0.39, 0.29) is 23.2 Å². The fourth-order valence-corrected chi connectivity index (χ4v) is 1.15. The van der Waals surface area contributed by atoms with Crippen molar-refractivity contribution in [2.75, 3.05) is 6.54 Å². The van der Waals surface area contributed by atoms with Crippen LogP contribution in [-0.4, -0.2) is 24.5 Å². The SMILES string of the molecule is CCN.[3H]SC1CC(=O)CCC1=O. The van der Waals surface area contributed by atoms with Gasteiger partial charge in [0.05, 0.1) is 5.25 Å². The molecule has 12 heavy (non-hydrogen) atoms. The zero-order chi connectivity index (χ0) is 10.3. The highest BCUT2D eigenvalue weighted by Crippen LogP contribution is 2.15. The van der Waals surface area contributed by atoms with E-state index in [0.29, 0.717) is 12.8 Å². The van der Waals surface area contributed by atoms with Crippen LogP contribution in [0.25, 0.3) is 0 Å². The molecule has 1 rings (SSSR count). The summed E-state index contributed by atoms with van der Waals surface area (Å²) in [5.74, 6) is 0.170. The van der Waals surface area contributed by atoms with E-state index < -0.39 is 0 Å². The van der Waals surface area contributed by atoms with E-state index >= 15 is 0 Å². The summed E-state index contributed by atoms with van der Waals surface area (Å²) in [7, 11) is 0. The Bertz CT molecular complexity index is 187. The van der Waals surface area contributed by atoms with Crippen LogP contribution in [0, 0.1) is 0 Å². The minimum Gasteiger partial charge on any atom is -0.331 e. The summed E-state index contributed by atoms with van der Waals surface area (Å²) in [6.45, 7) is 2.65. The van der Waals surface area contributed by atoms with Gasteiger partial charge in [-0.05, 0) is 6.54 Å². The third-order valence-corrected chi connectivity index (χ3v) is 1.85. The quantitative estimate of drug-likeness (QED) is 0.596. The fraction of sp³-hybridized carbons (Fsp3) is 0.750. The van der Waals surface area contributed by atoms with Crippen molar-refractivity contribution >= 4 is 24.1 Å². The van der Waals surface area contributed by atoms with E-state index in [4.69, 9.17) is 6.86 Å². The van der Waals surface area contributed by atoms with E-state index in [2.05, 4.69) is 0 Å². The topological polar surface area (TPSA) is 60.2 Å². The standard InChI is InChI=1S/C6H8O2S.C2H7N/c7-4-1-2-5(8)6(9)3-4;1-2-3/h6,9H,1-3H2;2-3H2,1H3/i/hT. The number of carbonyl (C=O) groups is 2. The first kappa shape index (κ1) is 9.74. The average molecular weight is 191 g/mol. The summed E-state index contributed by atoms with van der Waals surface area (Å²) in [5.41, 5.74) is 4.85. The van der Waals surface area contributed by atoms with Crippen LogP contribution in [0.2, 0.25) is 0 Å². The first-order chi connectivity index (χ1) is 6.15. The molecule has 2 N–H and O–H groups in total. The largest absolute Gasteiger partial charge is 0.331 e. The summed E-state index contributed by atoms with van der Waals surface area (Å²) in [6.07, 6.45) is 0.998. The zero-order valence-corrected chi connectivity index (χ0v) is 8.02. The van der Waals surface area contributed by atoms with E-state index in [0.717, 1.165) is 19.1 Å². The molecule has 1 aliphatic rings. The molecule has 1 fully saturated rings. The predicted octanol–water partition coefficient (Wildman–Crippen LogP) is 0.572. The number of Topliss-reactive ketones (excluding diaryl/α,β-unsaturated/α-hetero) is 2. The predicted molar refractivity (Wildman–Crippen MR) is 51.4 cm³/mol. The maximum atomic E-state index is 10.9. The minimum absolute atomic E-state index is 0.0552. The van der Waals surface area contributed by atoms with E-state index in [1.165, 1.54) is 0 Å². The van der Waals surface area contributed by atoms with Crippen LogP contribution in [0.5, 0.6) is 0 Å². The molecular weight excluding hydrogens is 174 g/mol. The number of rotatable bonds is 1. The van der Waals surface area contributed by atoms with Crippen molar-refractivity contribution in [1.29, 1.82) is 1.12 Å². The summed E-state index contributed by atoms with van der Waals surface area (Å²) in [4.78, 5) is 21.6. The number of carbonyl (C=O) groups excluding carboxylic acids is 2. The lowest BCUT2D eigenvalue weighted by atomic mass is 9.98. The van der Waals surface area contributed by atoms with Gasteiger partial charge in [-0.15, -0.1) is 0 Å². The number of ketones is 2. The molecule has 3 nitrogen and oxygen atoms in total. The molecule has 0 bridgehead atoms. The van der Waals surface area contributed by atoms with E-state index in [9.17, 15) is 9.59 Å². The molecule has 1 saturated carbocycles. The van der Waals surface area contributed by atoms with Gasteiger partial charge < -0.3 is 5.73 Å². The summed E-state index contributed by atoms with van der Waals surface area (Å²) >= 11 is 0.737. The Labute approximate surface area is 79.2 Å². The third-order valence-electron chi connectivity index (χ3n) is 1.42. The molecule has 1 atom stereocenters. The Kier molecular flexibility index (Phi) is 5.03. The van der Waals surface area contributed by atoms with Crippen LogP contribution in [0.4, 0.5) is 0 Å². The molecule has 1 aliphatic carbocycles. The lowest BCUT2D eigenvalue weighted by molar-refractivity contribution is -0.128. The van der Waals surface area contributed by atoms with Crippen molar-refractivity contribution < 1.29 is 9.59 Å². The zero-order valence-electron chi connectivity index (χ0n) is 8.21. The first-order valence-corrected chi connectivity index (χ1v) is 4.49. The summed E-state index contributed by atoms with van der Waals surface area (Å²) < 4.78 is 6.86. The lowest BCUT2D eigenvalue weighted by Gasteiger charge is -2.13. The summed E-state index contributed by atoms with van der Waals surface area (Å²) in [5, 5.41) is -0.374. The third kappa shape index (κ3) is 4.51. The van der Waals surface area contributed by atoms with Crippen molar-refractivity contribution in [2.24, 2.45) is 5.73 Å². The molecule has 0 amide bonds. The van der Waals surface area contributed by atoms with Gasteiger partial charge in [0.25, 0.3) is 0 Å². The molecule has 1 unspecified atom stereocenters. The molecule has 0 aromatic rings. The molecular formula is C8H15NO2S. The van der Waals surface area contributed by atoms with E-state index in [1.807, 2.05) is 6.92 Å². The molecule has 0 radical (unpaired) electrons. The van der Waals surface area contributed by atoms with Gasteiger partial charge in [0.1, 0.15) is 12.7 Å². The molecule has 0 aromatic carbocycles. The van der Waals surface area contributed by atoms with Crippen LogP contribution in [0.15, 0.2) is 0 Å². The van der Waals surface area contributed by atoms with Crippen LogP contribution < -0.4 is 5.73 Å². The van der Waals surface area contributed by atoms with Gasteiger partial charge in [0.2, 0.25) is 0 Å². The highest BCUT2D eigenvalue weighted by atomic mass is 32.1. The smallest absolute Gasteiger partial charge is 0.146 e. The number of hydrogen-bond acceptors (Lipinski definition) is 4. The Morgan fingerprint density at radius 2 is 2.25 bits per heavy atom. The maximum absolute atomic E-state index is 10.9. The second kappa shape index (κ2) is 6.20. The van der Waals surface area contributed by atoms with Gasteiger partial charge >= 0.3 is 0 Å². The van der Waals surface area contributed by atoms with Crippen LogP contribution in [0.3, 0.4) is 0 Å². The first-order valence-electron chi connectivity index (χ1n) is 4.43. The molecule has 0 saturated heterocycles. The average Bonchev–Trinajstić information content (AvgIpc) is 2.10. The second-order valence-corrected chi connectivity index (χ2v) is 3.18. The van der Waals surface area contributed by atoms with Crippen LogP contribution >= 0.6 is 12.5 Å². The van der Waals surface area contributed by atoms with Crippen LogP contribution in [0.1, 0.15) is 26.2 Å². The Hall–Kier alpha value is -0.350. The van der Waals surface area contributed by atoms with Gasteiger partial charge in [-0.1, -0.05) is 6.92 Å². The Morgan fingerprint density at radius 1 is 1.67 bits per heavy atom. The second-order valence-electron chi connectivity index (χ2n) is 2.61. The molecule has 0 heterocycles. The molecule has 0 aromatic heterocycles. The Balaban J connectivity index is 0.000000424. The van der Waals surface area contributed by atoms with Crippen molar-refractivity contribution in [3.8, 4) is 0 Å². The van der Waals surface area contributed by atoms with Gasteiger partial charge in [0.15, 0.2) is 0 Å². The highest BCUT2D eigenvalue weighted by Gasteiger charge is 2.23. The van der Waals surface area contributed by atoms with E-state index in [1.54, 1.807) is 0 Å². The number of thiol groups is 1. The van der Waals surface area contributed by atoms with Crippen LogP contribution in [-0.2, 0) is 9.59 Å². The maximum Gasteiger partial charge on any atom is 0.146 e. The van der Waals surface area contributed by atoms with Gasteiger partial charge in [-0.25, -0.2) is 0 Å². The van der Waals surface area contributed by atoms with Gasteiger partial charge in [-0.3, -0.25) is 9.59 Å². The monoisotopic (exact) mass is 191 g/mol. The number of hydrogen-bond donors (Lipinski definition) is 2. The van der Waals surface area contributed by atoms with Gasteiger partial charge in [0, 0.05) is 19.3 Å². The van der Waals surface area contributed by atoms with Crippen molar-refractivity contribution in [3.63, 3.8) is 0 Å².